The lowest BCUT2D eigenvalue weighted by Gasteiger charge is -2.40. The fraction of sp³-hybridized carbons (Fsp3) is 0.444. The van der Waals surface area contributed by atoms with Crippen LogP contribution in [0.1, 0.15) is 62.0 Å². The number of rotatable bonds is 7. The lowest BCUT2D eigenvalue weighted by Crippen LogP contribution is -2.46. The number of ether oxygens (including phenoxy) is 1. The molecule has 2 heterocycles. The van der Waals surface area contributed by atoms with Gasteiger partial charge in [0.05, 0.1) is 4.90 Å². The van der Waals surface area contributed by atoms with Crippen molar-refractivity contribution in [3.8, 4) is 5.75 Å². The topological polar surface area (TPSA) is 87.7 Å². The molecule has 2 aromatic rings. The van der Waals surface area contributed by atoms with Crippen molar-refractivity contribution in [2.75, 3.05) is 26.2 Å². The number of sulfonamides is 1. The van der Waals surface area contributed by atoms with Gasteiger partial charge < -0.3 is 15.0 Å². The van der Waals surface area contributed by atoms with Gasteiger partial charge in [-0.2, -0.15) is 0 Å². The Morgan fingerprint density at radius 3 is 2.34 bits per heavy atom. The van der Waals surface area contributed by atoms with Crippen molar-refractivity contribution in [2.24, 2.45) is 0 Å². The number of hydrogen-bond acceptors (Lipinski definition) is 5. The Morgan fingerprint density at radius 2 is 1.74 bits per heavy atom. The number of nitrogens with one attached hydrogen (secondary N) is 2. The number of nitrogens with zero attached hydrogens (tertiary/aromatic N) is 1. The summed E-state index contributed by atoms with van der Waals surface area (Å²) in [6, 6.07) is 12.4. The van der Waals surface area contributed by atoms with E-state index in [9.17, 15) is 13.2 Å². The molecule has 0 aliphatic carbocycles. The van der Waals surface area contributed by atoms with Crippen LogP contribution in [0.25, 0.3) is 5.57 Å². The van der Waals surface area contributed by atoms with Crippen LogP contribution in [0.2, 0.25) is 0 Å². The Hall–Kier alpha value is -2.68. The van der Waals surface area contributed by atoms with E-state index in [1.807, 2.05) is 38.1 Å². The van der Waals surface area contributed by atoms with Crippen molar-refractivity contribution in [3.63, 3.8) is 0 Å². The van der Waals surface area contributed by atoms with Crippen LogP contribution >= 0.6 is 0 Å². The highest BCUT2D eigenvalue weighted by Gasteiger charge is 2.37. The van der Waals surface area contributed by atoms with Gasteiger partial charge in [-0.25, -0.2) is 13.1 Å². The van der Waals surface area contributed by atoms with E-state index in [0.717, 1.165) is 42.6 Å². The zero-order chi connectivity index (χ0) is 25.2. The summed E-state index contributed by atoms with van der Waals surface area (Å²) in [5, 5.41) is 3.38. The summed E-state index contributed by atoms with van der Waals surface area (Å²) in [4.78, 5) is 14.8. The molecule has 0 unspecified atom stereocenters. The van der Waals surface area contributed by atoms with Crippen LogP contribution in [0.4, 0.5) is 0 Å². The highest BCUT2D eigenvalue weighted by atomic mass is 32.2. The zero-order valence-electron chi connectivity index (χ0n) is 20.9. The number of carbonyl (C=O) groups excluding carboxylic acids is 1. The van der Waals surface area contributed by atoms with Crippen molar-refractivity contribution in [1.29, 1.82) is 0 Å². The maximum absolute atomic E-state index is 12.9. The standard InChI is InChI=1S/C27H35N3O4S/c1-5-30(6-2)26(31)21-9-7-20(8-10-21)24-18-27(13-15-28-16-14-27)34-25-12-11-22(17-23(24)25)35(32,33)29-19(3)4/h7-12,17-19,28-29H,5-6,13-16H2,1-4H3. The number of piperidine rings is 1. The summed E-state index contributed by atoms with van der Waals surface area (Å²) in [5.41, 5.74) is 2.79. The second kappa shape index (κ2) is 10.1. The molecule has 0 radical (unpaired) electrons. The highest BCUT2D eigenvalue weighted by molar-refractivity contribution is 7.89. The van der Waals surface area contributed by atoms with E-state index in [-0.39, 0.29) is 16.8 Å². The fourth-order valence-corrected chi connectivity index (χ4v) is 6.04. The molecule has 35 heavy (non-hydrogen) atoms. The minimum atomic E-state index is -3.66. The van der Waals surface area contributed by atoms with Crippen LogP contribution < -0.4 is 14.8 Å². The molecule has 2 aromatic carbocycles. The number of carbonyl (C=O) groups is 1. The molecule has 2 N–H and O–H groups in total. The average Bonchev–Trinajstić information content (AvgIpc) is 2.84. The number of benzene rings is 2. The van der Waals surface area contributed by atoms with E-state index < -0.39 is 15.6 Å². The Kier molecular flexibility index (Phi) is 7.35. The van der Waals surface area contributed by atoms with Crippen LogP contribution in [-0.4, -0.2) is 57.0 Å². The third-order valence-corrected chi connectivity index (χ3v) is 8.26. The summed E-state index contributed by atoms with van der Waals surface area (Å²) in [6.07, 6.45) is 3.79. The van der Waals surface area contributed by atoms with Crippen LogP contribution in [-0.2, 0) is 10.0 Å². The summed E-state index contributed by atoms with van der Waals surface area (Å²) in [5.74, 6) is 0.682. The maximum atomic E-state index is 12.9. The minimum absolute atomic E-state index is 0.00544. The van der Waals surface area contributed by atoms with Gasteiger partial charge >= 0.3 is 0 Å². The molecule has 7 nitrogen and oxygen atoms in total. The molecule has 4 rings (SSSR count). The Labute approximate surface area is 208 Å². The first kappa shape index (κ1) is 25.4. The Bertz CT molecular complexity index is 1210. The van der Waals surface area contributed by atoms with E-state index in [2.05, 4.69) is 16.1 Å². The van der Waals surface area contributed by atoms with Crippen molar-refractivity contribution < 1.29 is 17.9 Å². The monoisotopic (exact) mass is 497 g/mol. The Morgan fingerprint density at radius 1 is 1.09 bits per heavy atom. The fourth-order valence-electron chi connectivity index (χ4n) is 4.76. The normalized spacial score (nSPS) is 17.0. The second-order valence-electron chi connectivity index (χ2n) is 9.46. The summed E-state index contributed by atoms with van der Waals surface area (Å²) >= 11 is 0. The van der Waals surface area contributed by atoms with Crippen LogP contribution in [0.5, 0.6) is 5.75 Å². The number of amides is 1. The summed E-state index contributed by atoms with van der Waals surface area (Å²) < 4.78 is 34.9. The molecule has 188 valence electrons. The van der Waals surface area contributed by atoms with Gasteiger partial charge in [-0.3, -0.25) is 4.79 Å². The molecule has 2 aliphatic rings. The van der Waals surface area contributed by atoms with Gasteiger partial charge in [0.15, 0.2) is 0 Å². The molecule has 1 spiro atoms. The molecule has 1 amide bonds. The quantitative estimate of drug-likeness (QED) is 0.608. The van der Waals surface area contributed by atoms with Gasteiger partial charge in [0.2, 0.25) is 10.0 Å². The molecular formula is C27H35N3O4S. The zero-order valence-corrected chi connectivity index (χ0v) is 21.7. The lowest BCUT2D eigenvalue weighted by molar-refractivity contribution is 0.0772. The molecular weight excluding hydrogens is 462 g/mol. The van der Waals surface area contributed by atoms with Gasteiger partial charge in [0, 0.05) is 43.1 Å². The first-order valence-corrected chi connectivity index (χ1v) is 13.9. The predicted molar refractivity (Wildman–Crippen MR) is 138 cm³/mol. The first-order chi connectivity index (χ1) is 16.7. The molecule has 8 heteroatoms. The van der Waals surface area contributed by atoms with Gasteiger partial charge in [0.25, 0.3) is 5.91 Å². The number of hydrogen-bond donors (Lipinski definition) is 2. The van der Waals surface area contributed by atoms with E-state index in [4.69, 9.17) is 4.74 Å². The van der Waals surface area contributed by atoms with Gasteiger partial charge in [0.1, 0.15) is 11.4 Å². The minimum Gasteiger partial charge on any atom is -0.482 e. The van der Waals surface area contributed by atoms with Crippen molar-refractivity contribution in [1.82, 2.24) is 14.9 Å². The average molecular weight is 498 g/mol. The number of fused-ring (bicyclic) bond motifs is 1. The molecule has 0 aromatic heterocycles. The maximum Gasteiger partial charge on any atom is 0.253 e. The molecule has 1 fully saturated rings. The third-order valence-electron chi connectivity index (χ3n) is 6.61. The van der Waals surface area contributed by atoms with Crippen LogP contribution in [0.15, 0.2) is 53.4 Å². The van der Waals surface area contributed by atoms with E-state index in [1.165, 1.54) is 0 Å². The summed E-state index contributed by atoms with van der Waals surface area (Å²) in [7, 11) is -3.66. The van der Waals surface area contributed by atoms with E-state index in [1.54, 1.807) is 36.9 Å². The molecule has 0 saturated carbocycles. The second-order valence-corrected chi connectivity index (χ2v) is 11.2. The van der Waals surface area contributed by atoms with Crippen LogP contribution in [0.3, 0.4) is 0 Å². The van der Waals surface area contributed by atoms with Gasteiger partial charge in [-0.15, -0.1) is 0 Å². The summed E-state index contributed by atoms with van der Waals surface area (Å²) in [6.45, 7) is 10.5. The molecule has 1 saturated heterocycles. The molecule has 2 aliphatic heterocycles. The molecule has 0 bridgehead atoms. The smallest absolute Gasteiger partial charge is 0.253 e. The van der Waals surface area contributed by atoms with Gasteiger partial charge in [-0.1, -0.05) is 12.1 Å². The van der Waals surface area contributed by atoms with Crippen molar-refractivity contribution in [2.45, 2.75) is 57.1 Å². The van der Waals surface area contributed by atoms with E-state index in [0.29, 0.717) is 24.4 Å². The first-order valence-electron chi connectivity index (χ1n) is 12.4. The third kappa shape index (κ3) is 5.29. The van der Waals surface area contributed by atoms with Crippen molar-refractivity contribution >= 4 is 21.5 Å². The van der Waals surface area contributed by atoms with E-state index >= 15 is 0 Å². The molecule has 0 atom stereocenters. The highest BCUT2D eigenvalue weighted by Crippen LogP contribution is 2.43. The van der Waals surface area contributed by atoms with Crippen LogP contribution in [0, 0.1) is 0 Å². The predicted octanol–water partition coefficient (Wildman–Crippen LogP) is 3.80. The largest absolute Gasteiger partial charge is 0.482 e. The van der Waals surface area contributed by atoms with Gasteiger partial charge in [-0.05, 0) is 88.3 Å². The van der Waals surface area contributed by atoms with Crippen molar-refractivity contribution in [3.05, 3.63) is 65.2 Å². The SMILES string of the molecule is CCN(CC)C(=O)c1ccc(C2=CC3(CCNCC3)Oc3ccc(S(=O)(=O)NC(C)C)cc32)cc1. The lowest BCUT2D eigenvalue weighted by atomic mass is 9.83. The Balaban J connectivity index is 1.78.